The van der Waals surface area contributed by atoms with Gasteiger partial charge < -0.3 is 14.8 Å². The SMILES string of the molecule is COCc1ccc(OC(F)(F)F)c(CNC(=O)Nc2c3c(nn2-c2ccccc2)CS(=O)(=O)C3)c1. The van der Waals surface area contributed by atoms with Gasteiger partial charge in [-0.3, -0.25) is 5.32 Å². The summed E-state index contributed by atoms with van der Waals surface area (Å²) in [5.41, 5.74) is 1.97. The normalized spacial score (nSPS) is 14.4. The Bertz CT molecular complexity index is 1340. The molecule has 0 saturated heterocycles. The molecule has 0 bridgehead atoms. The predicted octanol–water partition coefficient (Wildman–Crippen LogP) is 3.67. The lowest BCUT2D eigenvalue weighted by atomic mass is 10.1. The Morgan fingerprint density at radius 3 is 2.57 bits per heavy atom. The molecule has 13 heteroatoms. The summed E-state index contributed by atoms with van der Waals surface area (Å²) in [6.07, 6.45) is -4.91. The highest BCUT2D eigenvalue weighted by atomic mass is 32.2. The second-order valence-corrected chi connectivity index (χ2v) is 9.85. The van der Waals surface area contributed by atoms with Gasteiger partial charge in [0, 0.05) is 24.8 Å². The molecular formula is C22H21F3N4O5S. The van der Waals surface area contributed by atoms with Gasteiger partial charge in [-0.05, 0) is 29.8 Å². The highest BCUT2D eigenvalue weighted by molar-refractivity contribution is 7.90. The van der Waals surface area contributed by atoms with E-state index in [1.54, 1.807) is 30.3 Å². The van der Waals surface area contributed by atoms with Crippen LogP contribution in [0.15, 0.2) is 48.5 Å². The molecule has 1 aromatic heterocycles. The van der Waals surface area contributed by atoms with Crippen LogP contribution in [0, 0.1) is 0 Å². The summed E-state index contributed by atoms with van der Waals surface area (Å²) in [4.78, 5) is 12.7. The van der Waals surface area contributed by atoms with Gasteiger partial charge >= 0.3 is 12.4 Å². The molecule has 186 valence electrons. The molecular weight excluding hydrogens is 489 g/mol. The van der Waals surface area contributed by atoms with Crippen LogP contribution in [0.2, 0.25) is 0 Å². The number of nitrogens with zero attached hydrogens (tertiary/aromatic N) is 2. The van der Waals surface area contributed by atoms with Crippen molar-refractivity contribution in [1.29, 1.82) is 0 Å². The second kappa shape index (κ2) is 9.58. The Morgan fingerprint density at radius 2 is 1.89 bits per heavy atom. The van der Waals surface area contributed by atoms with E-state index < -0.39 is 28.0 Å². The van der Waals surface area contributed by atoms with E-state index in [1.807, 2.05) is 0 Å². The predicted molar refractivity (Wildman–Crippen MR) is 120 cm³/mol. The topological polar surface area (TPSA) is 112 Å². The third-order valence-corrected chi connectivity index (χ3v) is 6.56. The number of carbonyl (C=O) groups excluding carboxylic acids is 1. The Hall–Kier alpha value is -3.58. The van der Waals surface area contributed by atoms with E-state index in [0.717, 1.165) is 6.07 Å². The fraction of sp³-hybridized carbons (Fsp3) is 0.273. The molecule has 1 aliphatic heterocycles. The maximum Gasteiger partial charge on any atom is 0.573 e. The fourth-order valence-corrected chi connectivity index (χ4v) is 5.20. The van der Waals surface area contributed by atoms with Crippen LogP contribution in [0.1, 0.15) is 22.4 Å². The van der Waals surface area contributed by atoms with Crippen LogP contribution in [0.25, 0.3) is 5.69 Å². The number of hydrogen-bond acceptors (Lipinski definition) is 6. The number of halogens is 3. The van der Waals surface area contributed by atoms with Crippen molar-refractivity contribution in [3.8, 4) is 11.4 Å². The summed E-state index contributed by atoms with van der Waals surface area (Å²) >= 11 is 0. The van der Waals surface area contributed by atoms with Crippen molar-refractivity contribution in [2.45, 2.75) is 31.0 Å². The lowest BCUT2D eigenvalue weighted by Gasteiger charge is -2.16. The van der Waals surface area contributed by atoms with Crippen LogP contribution in [0.3, 0.4) is 0 Å². The third-order valence-electron chi connectivity index (χ3n) is 5.12. The van der Waals surface area contributed by atoms with Gasteiger partial charge in [0.15, 0.2) is 9.84 Å². The smallest absolute Gasteiger partial charge is 0.405 e. The van der Waals surface area contributed by atoms with Crippen molar-refractivity contribution in [2.24, 2.45) is 0 Å². The second-order valence-electron chi connectivity index (χ2n) is 7.78. The molecule has 0 atom stereocenters. The van der Waals surface area contributed by atoms with Crippen LogP contribution in [0.4, 0.5) is 23.8 Å². The van der Waals surface area contributed by atoms with Crippen molar-refractivity contribution in [3.63, 3.8) is 0 Å². The van der Waals surface area contributed by atoms with Gasteiger partial charge in [-0.15, -0.1) is 13.2 Å². The molecule has 0 radical (unpaired) electrons. The molecule has 35 heavy (non-hydrogen) atoms. The molecule has 3 aromatic rings. The zero-order valence-electron chi connectivity index (χ0n) is 18.4. The Kier molecular flexibility index (Phi) is 6.72. The van der Waals surface area contributed by atoms with Gasteiger partial charge in [0.05, 0.1) is 29.5 Å². The van der Waals surface area contributed by atoms with Crippen LogP contribution < -0.4 is 15.4 Å². The minimum Gasteiger partial charge on any atom is -0.405 e. The van der Waals surface area contributed by atoms with E-state index in [2.05, 4.69) is 20.5 Å². The number of sulfone groups is 1. The summed E-state index contributed by atoms with van der Waals surface area (Å²) in [5.74, 6) is -0.820. The first-order valence-corrected chi connectivity index (χ1v) is 12.1. The number of carbonyl (C=O) groups is 1. The molecule has 1 aliphatic rings. The van der Waals surface area contributed by atoms with Crippen molar-refractivity contribution in [1.82, 2.24) is 15.1 Å². The van der Waals surface area contributed by atoms with E-state index in [0.29, 0.717) is 22.5 Å². The number of urea groups is 1. The van der Waals surface area contributed by atoms with Crippen LogP contribution in [-0.4, -0.2) is 37.7 Å². The number of para-hydroxylation sites is 1. The number of ether oxygens (including phenoxy) is 2. The first kappa shape index (κ1) is 24.5. The quantitative estimate of drug-likeness (QED) is 0.502. The Labute approximate surface area is 198 Å². The summed E-state index contributed by atoms with van der Waals surface area (Å²) in [6, 6.07) is 12.0. The van der Waals surface area contributed by atoms with Gasteiger partial charge in [-0.25, -0.2) is 17.9 Å². The molecule has 2 N–H and O–H groups in total. The Balaban J connectivity index is 1.56. The first-order valence-electron chi connectivity index (χ1n) is 10.3. The third kappa shape index (κ3) is 5.92. The minimum atomic E-state index is -4.91. The number of aromatic nitrogens is 2. The molecule has 0 fully saturated rings. The zero-order chi connectivity index (χ0) is 25.2. The van der Waals surface area contributed by atoms with Crippen molar-refractivity contribution in [2.75, 3.05) is 12.4 Å². The number of methoxy groups -OCH3 is 1. The zero-order valence-corrected chi connectivity index (χ0v) is 19.2. The molecule has 2 heterocycles. The minimum absolute atomic E-state index is 0.0800. The molecule has 0 saturated carbocycles. The number of alkyl halides is 3. The van der Waals surface area contributed by atoms with Gasteiger partial charge in [-0.1, -0.05) is 24.3 Å². The molecule has 0 spiro atoms. The van der Waals surface area contributed by atoms with Crippen molar-refractivity contribution >= 4 is 21.7 Å². The van der Waals surface area contributed by atoms with Gasteiger partial charge in [0.25, 0.3) is 0 Å². The highest BCUT2D eigenvalue weighted by Crippen LogP contribution is 2.33. The molecule has 2 aromatic carbocycles. The lowest BCUT2D eigenvalue weighted by Crippen LogP contribution is -2.30. The Morgan fingerprint density at radius 1 is 1.14 bits per heavy atom. The molecule has 0 aliphatic carbocycles. The van der Waals surface area contributed by atoms with Gasteiger partial charge in [-0.2, -0.15) is 5.10 Å². The lowest BCUT2D eigenvalue weighted by molar-refractivity contribution is -0.274. The number of nitrogens with one attached hydrogen (secondary N) is 2. The molecule has 2 amide bonds. The van der Waals surface area contributed by atoms with Crippen molar-refractivity contribution < 1.29 is 35.9 Å². The molecule has 9 nitrogen and oxygen atoms in total. The molecule has 4 rings (SSSR count). The van der Waals surface area contributed by atoms with E-state index in [9.17, 15) is 26.4 Å². The summed E-state index contributed by atoms with van der Waals surface area (Å²) < 4.78 is 73.1. The fourth-order valence-electron chi connectivity index (χ4n) is 3.71. The number of fused-ring (bicyclic) bond motifs is 1. The first-order chi connectivity index (χ1) is 16.5. The van der Waals surface area contributed by atoms with Crippen LogP contribution in [-0.2, 0) is 39.2 Å². The number of benzene rings is 2. The monoisotopic (exact) mass is 510 g/mol. The summed E-state index contributed by atoms with van der Waals surface area (Å²) in [5, 5.41) is 9.45. The summed E-state index contributed by atoms with van der Waals surface area (Å²) in [7, 11) is -1.95. The maximum absolute atomic E-state index is 12.8. The number of amides is 2. The maximum atomic E-state index is 12.8. The standard InChI is InChI=1S/C22H21F3N4O5S/c1-33-11-14-7-8-19(34-22(23,24)25)15(9-14)10-26-21(30)27-20-17-12-35(31,32)13-18(17)28-29(20)16-5-3-2-4-6-16/h2-9H,10-13H2,1H3,(H2,26,27,30). The average molecular weight is 510 g/mol. The van der Waals surface area contributed by atoms with Crippen LogP contribution in [0.5, 0.6) is 5.75 Å². The van der Waals surface area contributed by atoms with Crippen LogP contribution >= 0.6 is 0 Å². The van der Waals surface area contributed by atoms with Crippen molar-refractivity contribution in [3.05, 3.63) is 70.9 Å². The average Bonchev–Trinajstić information content (AvgIpc) is 3.26. The highest BCUT2D eigenvalue weighted by Gasteiger charge is 2.34. The largest absolute Gasteiger partial charge is 0.573 e. The number of hydrogen-bond donors (Lipinski definition) is 2. The van der Waals surface area contributed by atoms with E-state index >= 15 is 0 Å². The number of anilines is 1. The van der Waals surface area contributed by atoms with Gasteiger partial charge in [0.2, 0.25) is 0 Å². The van der Waals surface area contributed by atoms with Gasteiger partial charge in [0.1, 0.15) is 11.6 Å². The van der Waals surface area contributed by atoms with E-state index in [1.165, 1.54) is 23.9 Å². The summed E-state index contributed by atoms with van der Waals surface area (Å²) in [6.45, 7) is -0.142. The number of rotatable bonds is 7. The molecule has 0 unspecified atom stereocenters. The van der Waals surface area contributed by atoms with E-state index in [4.69, 9.17) is 4.74 Å². The van der Waals surface area contributed by atoms with E-state index in [-0.39, 0.29) is 36.0 Å².